The largest absolute Gasteiger partial charge is 0.377 e. The number of carbonyl (C=O) groups is 1. The standard InChI is InChI=1S/C17H25N5O4/c1-4-5-12-8-14(21(2)19-12)17(23)22-6-7-25-13(10-22)9-16-18-15(11-24-3)20-26-16/h8,13H,4-7,9-11H2,1-3H3. The topological polar surface area (TPSA) is 95.5 Å². The van der Waals surface area contributed by atoms with E-state index >= 15 is 0 Å². The second-order valence-corrected chi connectivity index (χ2v) is 6.38. The molecule has 3 heterocycles. The highest BCUT2D eigenvalue weighted by Gasteiger charge is 2.28. The predicted octanol–water partition coefficient (Wildman–Crippen LogP) is 0.986. The van der Waals surface area contributed by atoms with E-state index in [0.717, 1.165) is 18.5 Å². The quantitative estimate of drug-likeness (QED) is 0.724. The van der Waals surface area contributed by atoms with Gasteiger partial charge < -0.3 is 18.9 Å². The maximum absolute atomic E-state index is 12.9. The Morgan fingerprint density at radius 3 is 3.08 bits per heavy atom. The number of rotatable bonds is 7. The van der Waals surface area contributed by atoms with Crippen LogP contribution in [0.3, 0.4) is 0 Å². The second-order valence-electron chi connectivity index (χ2n) is 6.38. The fraction of sp³-hybridized carbons (Fsp3) is 0.647. The molecule has 9 heteroatoms. The first-order valence-electron chi connectivity index (χ1n) is 8.85. The molecule has 1 saturated heterocycles. The summed E-state index contributed by atoms with van der Waals surface area (Å²) in [7, 11) is 3.38. The first-order chi connectivity index (χ1) is 12.6. The van der Waals surface area contributed by atoms with Gasteiger partial charge >= 0.3 is 0 Å². The SMILES string of the molecule is CCCc1cc(C(=O)N2CCOC(Cc3nc(COC)no3)C2)n(C)n1. The molecule has 0 N–H and O–H groups in total. The fourth-order valence-electron chi connectivity index (χ4n) is 3.05. The van der Waals surface area contributed by atoms with E-state index in [2.05, 4.69) is 22.2 Å². The summed E-state index contributed by atoms with van der Waals surface area (Å²) in [5.41, 5.74) is 1.55. The number of amides is 1. The summed E-state index contributed by atoms with van der Waals surface area (Å²) in [6.07, 6.45) is 2.16. The van der Waals surface area contributed by atoms with E-state index in [4.69, 9.17) is 14.0 Å². The maximum atomic E-state index is 12.9. The van der Waals surface area contributed by atoms with E-state index in [-0.39, 0.29) is 12.0 Å². The molecule has 1 atom stereocenters. The number of ether oxygens (including phenoxy) is 2. The molecule has 3 rings (SSSR count). The number of nitrogens with zero attached hydrogens (tertiary/aromatic N) is 5. The van der Waals surface area contributed by atoms with Gasteiger partial charge in [-0.15, -0.1) is 0 Å². The van der Waals surface area contributed by atoms with E-state index in [1.54, 1.807) is 23.7 Å². The molecule has 1 amide bonds. The van der Waals surface area contributed by atoms with Crippen molar-refractivity contribution < 1.29 is 18.8 Å². The van der Waals surface area contributed by atoms with Gasteiger partial charge in [0.1, 0.15) is 12.3 Å². The van der Waals surface area contributed by atoms with E-state index in [1.807, 2.05) is 6.07 Å². The highest BCUT2D eigenvalue weighted by molar-refractivity contribution is 5.92. The molecular weight excluding hydrogens is 338 g/mol. The number of aromatic nitrogens is 4. The molecular formula is C17H25N5O4. The van der Waals surface area contributed by atoms with Crippen molar-refractivity contribution in [3.05, 3.63) is 29.2 Å². The third kappa shape index (κ3) is 4.28. The summed E-state index contributed by atoms with van der Waals surface area (Å²) in [5.74, 6) is 0.966. The molecule has 0 spiro atoms. The van der Waals surface area contributed by atoms with Gasteiger partial charge in [-0.1, -0.05) is 18.5 Å². The van der Waals surface area contributed by atoms with Gasteiger partial charge in [-0.25, -0.2) is 0 Å². The molecule has 142 valence electrons. The second kappa shape index (κ2) is 8.41. The molecule has 2 aromatic rings. The third-order valence-corrected chi connectivity index (χ3v) is 4.27. The van der Waals surface area contributed by atoms with Gasteiger partial charge in [-0.3, -0.25) is 9.48 Å². The minimum absolute atomic E-state index is 0.0266. The van der Waals surface area contributed by atoms with Crippen LogP contribution in [0.1, 0.15) is 41.2 Å². The summed E-state index contributed by atoms with van der Waals surface area (Å²) in [6, 6.07) is 1.88. The molecule has 1 aliphatic rings. The van der Waals surface area contributed by atoms with Gasteiger partial charge in [0, 0.05) is 27.2 Å². The number of hydrogen-bond donors (Lipinski definition) is 0. The lowest BCUT2D eigenvalue weighted by Crippen LogP contribution is -2.46. The highest BCUT2D eigenvalue weighted by atomic mass is 16.5. The van der Waals surface area contributed by atoms with Gasteiger partial charge in [0.15, 0.2) is 5.82 Å². The lowest BCUT2D eigenvalue weighted by Gasteiger charge is -2.32. The zero-order valence-corrected chi connectivity index (χ0v) is 15.5. The molecule has 0 aliphatic carbocycles. The number of aryl methyl sites for hydroxylation is 2. The number of morpholine rings is 1. The average molecular weight is 363 g/mol. The van der Waals surface area contributed by atoms with Gasteiger partial charge in [0.05, 0.1) is 24.8 Å². The van der Waals surface area contributed by atoms with Crippen molar-refractivity contribution in [3.8, 4) is 0 Å². The summed E-state index contributed by atoms with van der Waals surface area (Å²) >= 11 is 0. The Bertz CT molecular complexity index is 741. The first-order valence-corrected chi connectivity index (χ1v) is 8.85. The van der Waals surface area contributed by atoms with Crippen molar-refractivity contribution in [2.45, 2.75) is 38.9 Å². The van der Waals surface area contributed by atoms with Crippen molar-refractivity contribution in [3.63, 3.8) is 0 Å². The minimum atomic E-state index is -0.174. The van der Waals surface area contributed by atoms with Crippen LogP contribution < -0.4 is 0 Å². The zero-order valence-electron chi connectivity index (χ0n) is 15.5. The third-order valence-electron chi connectivity index (χ3n) is 4.27. The van der Waals surface area contributed by atoms with Crippen LogP contribution in [-0.2, 0) is 36.0 Å². The summed E-state index contributed by atoms with van der Waals surface area (Å²) in [4.78, 5) is 18.9. The van der Waals surface area contributed by atoms with Crippen LogP contribution in [0.15, 0.2) is 10.6 Å². The zero-order chi connectivity index (χ0) is 18.5. The van der Waals surface area contributed by atoms with E-state index in [0.29, 0.717) is 50.1 Å². The van der Waals surface area contributed by atoms with E-state index in [9.17, 15) is 4.79 Å². The number of hydrogen-bond acceptors (Lipinski definition) is 7. The summed E-state index contributed by atoms with van der Waals surface area (Å²) < 4.78 is 17.6. The highest BCUT2D eigenvalue weighted by Crippen LogP contribution is 2.15. The molecule has 0 aromatic carbocycles. The Balaban J connectivity index is 1.63. The Hall–Kier alpha value is -2.26. The van der Waals surface area contributed by atoms with Crippen LogP contribution >= 0.6 is 0 Å². The average Bonchev–Trinajstić information content (AvgIpc) is 3.21. The van der Waals surface area contributed by atoms with Crippen LogP contribution in [0, 0.1) is 0 Å². The molecule has 1 unspecified atom stereocenters. The molecule has 9 nitrogen and oxygen atoms in total. The lowest BCUT2D eigenvalue weighted by molar-refractivity contribution is -0.0240. The van der Waals surface area contributed by atoms with Gasteiger partial charge in [-0.05, 0) is 12.5 Å². The predicted molar refractivity (Wildman–Crippen MR) is 91.6 cm³/mol. The summed E-state index contributed by atoms with van der Waals surface area (Å²) in [6.45, 7) is 3.92. The van der Waals surface area contributed by atoms with Crippen LogP contribution in [0.4, 0.5) is 0 Å². The van der Waals surface area contributed by atoms with Gasteiger partial charge in [-0.2, -0.15) is 10.1 Å². The molecule has 1 aliphatic heterocycles. The Labute approximate surface area is 152 Å². The molecule has 0 radical (unpaired) electrons. The number of methoxy groups -OCH3 is 1. The molecule has 2 aromatic heterocycles. The van der Waals surface area contributed by atoms with Gasteiger partial charge in [0.2, 0.25) is 5.89 Å². The van der Waals surface area contributed by atoms with Crippen LogP contribution in [-0.4, -0.2) is 63.6 Å². The van der Waals surface area contributed by atoms with E-state index in [1.165, 1.54) is 0 Å². The lowest BCUT2D eigenvalue weighted by atomic mass is 10.2. The minimum Gasteiger partial charge on any atom is -0.377 e. The van der Waals surface area contributed by atoms with Crippen LogP contribution in [0.2, 0.25) is 0 Å². The van der Waals surface area contributed by atoms with Gasteiger partial charge in [0.25, 0.3) is 5.91 Å². The summed E-state index contributed by atoms with van der Waals surface area (Å²) in [5, 5.41) is 8.26. The normalized spacial score (nSPS) is 17.7. The van der Waals surface area contributed by atoms with Crippen molar-refractivity contribution in [2.75, 3.05) is 26.8 Å². The smallest absolute Gasteiger partial charge is 0.272 e. The maximum Gasteiger partial charge on any atom is 0.272 e. The van der Waals surface area contributed by atoms with Crippen LogP contribution in [0.5, 0.6) is 0 Å². The Morgan fingerprint density at radius 2 is 2.31 bits per heavy atom. The number of carbonyl (C=O) groups excluding carboxylic acids is 1. The monoisotopic (exact) mass is 363 g/mol. The van der Waals surface area contributed by atoms with E-state index < -0.39 is 0 Å². The molecule has 0 saturated carbocycles. The van der Waals surface area contributed by atoms with Crippen molar-refractivity contribution in [1.82, 2.24) is 24.8 Å². The Kier molecular flexibility index (Phi) is 6.00. The molecule has 0 bridgehead atoms. The Morgan fingerprint density at radius 1 is 1.46 bits per heavy atom. The van der Waals surface area contributed by atoms with Crippen molar-refractivity contribution in [1.29, 1.82) is 0 Å². The van der Waals surface area contributed by atoms with Crippen molar-refractivity contribution >= 4 is 5.91 Å². The molecule has 1 fully saturated rings. The van der Waals surface area contributed by atoms with Crippen LogP contribution in [0.25, 0.3) is 0 Å². The first kappa shape index (κ1) is 18.5. The van der Waals surface area contributed by atoms with Crippen molar-refractivity contribution in [2.24, 2.45) is 7.05 Å². The molecule has 26 heavy (non-hydrogen) atoms. The fourth-order valence-corrected chi connectivity index (χ4v) is 3.05.